The highest BCUT2D eigenvalue weighted by Crippen LogP contribution is 2.29. The van der Waals surface area contributed by atoms with Crippen molar-refractivity contribution in [3.63, 3.8) is 0 Å². The maximum absolute atomic E-state index is 12.6. The number of anilines is 1. The number of hydrogen-bond donors (Lipinski definition) is 1. The molecule has 1 N–H and O–H groups in total. The molecular formula is C19H15N3O4. The van der Waals surface area contributed by atoms with Crippen molar-refractivity contribution in [2.24, 2.45) is 0 Å². The lowest BCUT2D eigenvalue weighted by Crippen LogP contribution is -2.35. The van der Waals surface area contributed by atoms with Crippen molar-refractivity contribution in [2.45, 2.75) is 0 Å². The minimum atomic E-state index is -0.484. The van der Waals surface area contributed by atoms with Gasteiger partial charge in [0.1, 0.15) is 11.6 Å². The summed E-state index contributed by atoms with van der Waals surface area (Å²) >= 11 is 0. The Balaban J connectivity index is 1.89. The number of nitriles is 1. The van der Waals surface area contributed by atoms with Crippen LogP contribution in [0, 0.1) is 11.3 Å². The van der Waals surface area contributed by atoms with Crippen LogP contribution >= 0.6 is 0 Å². The topological polar surface area (TPSA) is 91.7 Å². The molecule has 26 heavy (non-hydrogen) atoms. The van der Waals surface area contributed by atoms with Crippen molar-refractivity contribution in [3.8, 4) is 17.6 Å². The number of hydrogen-bond acceptors (Lipinski definition) is 5. The zero-order valence-electron chi connectivity index (χ0n) is 13.9. The van der Waals surface area contributed by atoms with E-state index in [0.717, 1.165) is 0 Å². The van der Waals surface area contributed by atoms with Gasteiger partial charge in [-0.05, 0) is 35.9 Å². The minimum Gasteiger partial charge on any atom is -0.493 e. The van der Waals surface area contributed by atoms with Gasteiger partial charge in [-0.3, -0.25) is 15.0 Å². The van der Waals surface area contributed by atoms with E-state index in [-0.39, 0.29) is 12.2 Å². The zero-order chi connectivity index (χ0) is 18.5. The lowest BCUT2D eigenvalue weighted by atomic mass is 10.1. The van der Waals surface area contributed by atoms with Gasteiger partial charge in [0.15, 0.2) is 18.1 Å². The molecule has 1 fully saturated rings. The number of benzene rings is 2. The van der Waals surface area contributed by atoms with Crippen LogP contribution < -0.4 is 19.9 Å². The predicted octanol–water partition coefficient (Wildman–Crippen LogP) is 2.06. The van der Waals surface area contributed by atoms with Crippen LogP contribution in [0.15, 0.2) is 54.1 Å². The van der Waals surface area contributed by atoms with Crippen molar-refractivity contribution in [3.05, 3.63) is 59.7 Å². The highest BCUT2D eigenvalue weighted by molar-refractivity contribution is 6.31. The van der Waals surface area contributed by atoms with E-state index in [9.17, 15) is 9.59 Å². The fourth-order valence-corrected chi connectivity index (χ4v) is 2.49. The lowest BCUT2D eigenvalue weighted by Gasteiger charge is -2.13. The zero-order valence-corrected chi connectivity index (χ0v) is 13.9. The fraction of sp³-hybridized carbons (Fsp3) is 0.105. The van der Waals surface area contributed by atoms with Crippen molar-refractivity contribution >= 4 is 23.6 Å². The molecule has 1 aliphatic heterocycles. The SMILES string of the molecule is COc1cc(C=C2C(=O)NN(c3ccccc3)C2=O)ccc1OCC#N. The highest BCUT2D eigenvalue weighted by atomic mass is 16.5. The molecule has 0 bridgehead atoms. The van der Waals surface area contributed by atoms with Crippen LogP contribution in [0.5, 0.6) is 11.5 Å². The Morgan fingerprint density at radius 1 is 1.15 bits per heavy atom. The molecule has 0 aromatic heterocycles. The van der Waals surface area contributed by atoms with E-state index in [1.807, 2.05) is 12.1 Å². The monoisotopic (exact) mass is 349 g/mol. The second kappa shape index (κ2) is 7.40. The standard InChI is InChI=1S/C19H15N3O4/c1-25-17-12-13(7-8-16(17)26-10-9-20)11-15-18(23)21-22(19(15)24)14-5-3-2-4-6-14/h2-8,11-12H,10H2,1H3,(H,21,23). The molecule has 7 heteroatoms. The van der Waals surface area contributed by atoms with Gasteiger partial charge in [0.05, 0.1) is 12.8 Å². The molecule has 7 nitrogen and oxygen atoms in total. The number of hydrazine groups is 1. The number of para-hydroxylation sites is 1. The molecule has 130 valence electrons. The van der Waals surface area contributed by atoms with E-state index in [2.05, 4.69) is 5.43 Å². The summed E-state index contributed by atoms with van der Waals surface area (Å²) in [5.74, 6) is -0.114. The van der Waals surface area contributed by atoms with Crippen LogP contribution in [0.25, 0.3) is 6.08 Å². The van der Waals surface area contributed by atoms with Crippen LogP contribution in [0.1, 0.15) is 5.56 Å². The summed E-state index contributed by atoms with van der Waals surface area (Å²) in [4.78, 5) is 24.8. The van der Waals surface area contributed by atoms with E-state index in [1.54, 1.807) is 42.5 Å². The minimum absolute atomic E-state index is 0.0154. The van der Waals surface area contributed by atoms with Gasteiger partial charge in [-0.25, -0.2) is 5.01 Å². The predicted molar refractivity (Wildman–Crippen MR) is 94.1 cm³/mol. The Kier molecular flexibility index (Phi) is 4.85. The van der Waals surface area contributed by atoms with Crippen LogP contribution in [0.4, 0.5) is 5.69 Å². The summed E-state index contributed by atoms with van der Waals surface area (Å²) in [6.07, 6.45) is 1.48. The number of carbonyl (C=O) groups excluding carboxylic acids is 2. The molecular weight excluding hydrogens is 334 g/mol. The van der Waals surface area contributed by atoms with Crippen molar-refractivity contribution < 1.29 is 19.1 Å². The first-order valence-electron chi connectivity index (χ1n) is 7.74. The van der Waals surface area contributed by atoms with Gasteiger partial charge in [-0.2, -0.15) is 5.26 Å². The third kappa shape index (κ3) is 3.35. The quantitative estimate of drug-likeness (QED) is 0.659. The van der Waals surface area contributed by atoms with Crippen molar-refractivity contribution in [2.75, 3.05) is 18.7 Å². The number of methoxy groups -OCH3 is 1. The molecule has 2 amide bonds. The molecule has 2 aromatic carbocycles. The number of rotatable bonds is 5. The number of nitrogens with zero attached hydrogens (tertiary/aromatic N) is 2. The number of carbonyl (C=O) groups is 2. The molecule has 3 rings (SSSR count). The average molecular weight is 349 g/mol. The smallest absolute Gasteiger partial charge is 0.282 e. The molecule has 2 aromatic rings. The van der Waals surface area contributed by atoms with Crippen LogP contribution in [0.2, 0.25) is 0 Å². The van der Waals surface area contributed by atoms with E-state index in [1.165, 1.54) is 18.2 Å². The second-order valence-corrected chi connectivity index (χ2v) is 5.33. The number of nitrogens with one attached hydrogen (secondary N) is 1. The summed E-state index contributed by atoms with van der Waals surface area (Å²) in [7, 11) is 1.47. The second-order valence-electron chi connectivity index (χ2n) is 5.33. The molecule has 0 radical (unpaired) electrons. The molecule has 0 saturated carbocycles. The molecule has 1 heterocycles. The largest absolute Gasteiger partial charge is 0.493 e. The Bertz CT molecular complexity index is 916. The van der Waals surface area contributed by atoms with Crippen LogP contribution in [0.3, 0.4) is 0 Å². The van der Waals surface area contributed by atoms with Gasteiger partial charge in [0.25, 0.3) is 11.8 Å². The molecule has 0 unspecified atom stereocenters. The van der Waals surface area contributed by atoms with Gasteiger partial charge in [0, 0.05) is 0 Å². The molecule has 0 atom stereocenters. The summed E-state index contributed by atoms with van der Waals surface area (Å²) in [5, 5.41) is 9.80. The third-order valence-electron chi connectivity index (χ3n) is 3.70. The van der Waals surface area contributed by atoms with E-state index in [0.29, 0.717) is 22.7 Å². The van der Waals surface area contributed by atoms with Crippen LogP contribution in [-0.2, 0) is 9.59 Å². The Labute approximate surface area is 150 Å². The number of amides is 2. The maximum Gasteiger partial charge on any atom is 0.282 e. The summed E-state index contributed by atoms with van der Waals surface area (Å²) < 4.78 is 10.5. The first-order chi connectivity index (χ1) is 12.6. The number of ether oxygens (including phenoxy) is 2. The molecule has 1 aliphatic rings. The van der Waals surface area contributed by atoms with Gasteiger partial charge in [0.2, 0.25) is 0 Å². The first-order valence-corrected chi connectivity index (χ1v) is 7.74. The molecule has 0 aliphatic carbocycles. The first kappa shape index (κ1) is 17.0. The van der Waals surface area contributed by atoms with Crippen LogP contribution in [-0.4, -0.2) is 25.5 Å². The van der Waals surface area contributed by atoms with Gasteiger partial charge >= 0.3 is 0 Å². The van der Waals surface area contributed by atoms with Crippen molar-refractivity contribution in [1.82, 2.24) is 5.43 Å². The Morgan fingerprint density at radius 3 is 2.62 bits per heavy atom. The summed E-state index contributed by atoms with van der Waals surface area (Å²) in [6, 6.07) is 15.6. The van der Waals surface area contributed by atoms with E-state index in [4.69, 9.17) is 14.7 Å². The normalized spacial score (nSPS) is 14.9. The summed E-state index contributed by atoms with van der Waals surface area (Å²) in [6.45, 7) is -0.107. The third-order valence-corrected chi connectivity index (χ3v) is 3.70. The van der Waals surface area contributed by atoms with Gasteiger partial charge in [-0.1, -0.05) is 24.3 Å². The fourth-order valence-electron chi connectivity index (χ4n) is 2.49. The van der Waals surface area contributed by atoms with E-state index < -0.39 is 11.8 Å². The lowest BCUT2D eigenvalue weighted by molar-refractivity contribution is -0.117. The van der Waals surface area contributed by atoms with Gasteiger partial charge < -0.3 is 9.47 Å². The maximum atomic E-state index is 12.6. The Hall–Kier alpha value is -3.79. The molecule has 1 saturated heterocycles. The average Bonchev–Trinajstić information content (AvgIpc) is 2.95. The van der Waals surface area contributed by atoms with Crippen molar-refractivity contribution in [1.29, 1.82) is 5.26 Å². The Morgan fingerprint density at radius 2 is 1.92 bits per heavy atom. The molecule has 0 spiro atoms. The summed E-state index contributed by atoms with van der Waals surface area (Å²) in [5.41, 5.74) is 3.73. The highest BCUT2D eigenvalue weighted by Gasteiger charge is 2.34. The van der Waals surface area contributed by atoms with Gasteiger partial charge in [-0.15, -0.1) is 0 Å². The van der Waals surface area contributed by atoms with E-state index >= 15 is 0 Å².